The number of sulfonamides is 1. The van der Waals surface area contributed by atoms with Crippen molar-refractivity contribution in [2.24, 2.45) is 0 Å². The van der Waals surface area contributed by atoms with Gasteiger partial charge >= 0.3 is 5.97 Å². The average molecular weight is 448 g/mol. The van der Waals surface area contributed by atoms with E-state index in [1.165, 1.54) is 16.4 Å². The smallest absolute Gasteiger partial charge is 0.338 e. The highest BCUT2D eigenvalue weighted by atomic mass is 32.2. The number of esters is 1. The zero-order valence-corrected chi connectivity index (χ0v) is 18.0. The minimum atomic E-state index is -3.81. The SMILES string of the molecule is O=C(OCc1cn2ccccc2n1)c1cccc(S(=O)(=O)N2CCCc3ccccc32)c1. The van der Waals surface area contributed by atoms with Gasteiger partial charge in [0.25, 0.3) is 10.0 Å². The number of imidazole rings is 1. The van der Waals surface area contributed by atoms with Crippen LogP contribution in [-0.4, -0.2) is 30.3 Å². The third-order valence-corrected chi connectivity index (χ3v) is 7.30. The molecule has 1 aliphatic heterocycles. The molecule has 0 unspecified atom stereocenters. The number of ether oxygens (including phenoxy) is 1. The van der Waals surface area contributed by atoms with Crippen molar-refractivity contribution in [2.75, 3.05) is 10.8 Å². The van der Waals surface area contributed by atoms with E-state index in [0.717, 1.165) is 24.1 Å². The van der Waals surface area contributed by atoms with Gasteiger partial charge in [0, 0.05) is 18.9 Å². The highest BCUT2D eigenvalue weighted by Gasteiger charge is 2.29. The third-order valence-electron chi connectivity index (χ3n) is 5.49. The molecule has 2 aromatic heterocycles. The summed E-state index contributed by atoms with van der Waals surface area (Å²) >= 11 is 0. The highest BCUT2D eigenvalue weighted by Crippen LogP contribution is 2.32. The third kappa shape index (κ3) is 3.73. The Morgan fingerprint density at radius 3 is 2.75 bits per heavy atom. The molecule has 0 amide bonds. The summed E-state index contributed by atoms with van der Waals surface area (Å²) in [5.74, 6) is -0.599. The molecule has 7 nitrogen and oxygen atoms in total. The summed E-state index contributed by atoms with van der Waals surface area (Å²) in [6.45, 7) is 0.402. The molecule has 0 atom stereocenters. The van der Waals surface area contributed by atoms with E-state index in [-0.39, 0.29) is 17.1 Å². The molecule has 0 fully saturated rings. The number of carbonyl (C=O) groups is 1. The Labute approximate surface area is 185 Å². The van der Waals surface area contributed by atoms with Crippen molar-refractivity contribution >= 4 is 27.3 Å². The molecule has 8 heteroatoms. The van der Waals surface area contributed by atoms with Gasteiger partial charge in [0.05, 0.1) is 21.8 Å². The lowest BCUT2D eigenvalue weighted by molar-refractivity contribution is 0.0468. The normalized spacial score (nSPS) is 13.7. The zero-order chi connectivity index (χ0) is 22.1. The fourth-order valence-electron chi connectivity index (χ4n) is 3.94. The van der Waals surface area contributed by atoms with Crippen LogP contribution < -0.4 is 4.31 Å². The van der Waals surface area contributed by atoms with Gasteiger partial charge < -0.3 is 9.14 Å². The highest BCUT2D eigenvalue weighted by molar-refractivity contribution is 7.92. The minimum absolute atomic E-state index is 0.00298. The Bertz CT molecular complexity index is 1380. The number of rotatable bonds is 5. The lowest BCUT2D eigenvalue weighted by Crippen LogP contribution is -2.35. The van der Waals surface area contributed by atoms with E-state index in [4.69, 9.17) is 4.74 Å². The summed E-state index contributed by atoms with van der Waals surface area (Å²) in [7, 11) is -3.81. The second kappa shape index (κ2) is 8.12. The minimum Gasteiger partial charge on any atom is -0.456 e. The van der Waals surface area contributed by atoms with E-state index in [9.17, 15) is 13.2 Å². The summed E-state index contributed by atoms with van der Waals surface area (Å²) in [4.78, 5) is 17.1. The number of hydrogen-bond donors (Lipinski definition) is 0. The van der Waals surface area contributed by atoms with Gasteiger partial charge in [-0.3, -0.25) is 4.31 Å². The van der Waals surface area contributed by atoms with Crippen molar-refractivity contribution in [1.29, 1.82) is 0 Å². The van der Waals surface area contributed by atoms with Crippen LogP contribution in [0.1, 0.15) is 28.0 Å². The second-order valence-electron chi connectivity index (χ2n) is 7.61. The van der Waals surface area contributed by atoms with Crippen LogP contribution in [0.4, 0.5) is 5.69 Å². The maximum absolute atomic E-state index is 13.4. The molecule has 5 rings (SSSR count). The number of aryl methyl sites for hydroxylation is 1. The van der Waals surface area contributed by atoms with Gasteiger partial charge in [-0.25, -0.2) is 18.2 Å². The molecule has 4 aromatic rings. The molecule has 0 spiro atoms. The molecule has 0 saturated heterocycles. The van der Waals surface area contributed by atoms with Crippen molar-refractivity contribution in [3.63, 3.8) is 0 Å². The summed E-state index contributed by atoms with van der Waals surface area (Å²) in [6.07, 6.45) is 5.24. The fraction of sp³-hybridized carbons (Fsp3) is 0.167. The first-order chi connectivity index (χ1) is 15.5. The van der Waals surface area contributed by atoms with E-state index in [1.807, 2.05) is 53.1 Å². The largest absolute Gasteiger partial charge is 0.456 e. The Kier molecular flexibility index (Phi) is 5.14. The van der Waals surface area contributed by atoms with Gasteiger partial charge in [-0.1, -0.05) is 30.3 Å². The van der Waals surface area contributed by atoms with Crippen molar-refractivity contribution in [2.45, 2.75) is 24.3 Å². The zero-order valence-electron chi connectivity index (χ0n) is 17.2. The lowest BCUT2D eigenvalue weighted by atomic mass is 10.0. The topological polar surface area (TPSA) is 81.0 Å². The number of anilines is 1. The lowest BCUT2D eigenvalue weighted by Gasteiger charge is -2.30. The monoisotopic (exact) mass is 447 g/mol. The molecule has 3 heterocycles. The maximum atomic E-state index is 13.4. The molecule has 0 aliphatic carbocycles. The van der Waals surface area contributed by atoms with Gasteiger partial charge in [-0.2, -0.15) is 0 Å². The Hall–Kier alpha value is -3.65. The quantitative estimate of drug-likeness (QED) is 0.434. The molecular formula is C24H21N3O4S. The van der Waals surface area contributed by atoms with E-state index in [1.54, 1.807) is 18.3 Å². The molecule has 1 aliphatic rings. The van der Waals surface area contributed by atoms with Crippen molar-refractivity contribution < 1.29 is 17.9 Å². The predicted octanol–water partition coefficient (Wildman–Crippen LogP) is 3.83. The number of carbonyl (C=O) groups excluding carboxylic acids is 1. The summed E-state index contributed by atoms with van der Waals surface area (Å²) in [5, 5.41) is 0. The number of para-hydroxylation sites is 1. The van der Waals surface area contributed by atoms with Crippen LogP contribution in [0.15, 0.2) is 84.0 Å². The Morgan fingerprint density at radius 1 is 1.03 bits per heavy atom. The molecule has 0 saturated carbocycles. The van der Waals surface area contributed by atoms with Crippen LogP contribution in [-0.2, 0) is 27.8 Å². The van der Waals surface area contributed by atoms with E-state index < -0.39 is 16.0 Å². The number of hydrogen-bond acceptors (Lipinski definition) is 5. The summed E-state index contributed by atoms with van der Waals surface area (Å²) < 4.78 is 35.4. The molecule has 2 aromatic carbocycles. The van der Waals surface area contributed by atoms with Gasteiger partial charge in [0.15, 0.2) is 0 Å². The van der Waals surface area contributed by atoms with Crippen LogP contribution in [0.25, 0.3) is 5.65 Å². The fourth-order valence-corrected chi connectivity index (χ4v) is 5.53. The number of fused-ring (bicyclic) bond motifs is 2. The average Bonchev–Trinajstić information content (AvgIpc) is 3.25. The first-order valence-corrected chi connectivity index (χ1v) is 11.8. The van der Waals surface area contributed by atoms with Gasteiger partial charge in [0.2, 0.25) is 0 Å². The molecule has 0 N–H and O–H groups in total. The summed E-state index contributed by atoms with van der Waals surface area (Å²) in [5.41, 5.74) is 3.25. The molecule has 162 valence electrons. The van der Waals surface area contributed by atoms with Crippen LogP contribution in [0.2, 0.25) is 0 Å². The maximum Gasteiger partial charge on any atom is 0.338 e. The number of benzene rings is 2. The van der Waals surface area contributed by atoms with E-state index in [2.05, 4.69) is 4.98 Å². The Morgan fingerprint density at radius 2 is 1.88 bits per heavy atom. The van der Waals surface area contributed by atoms with Crippen molar-refractivity contribution in [1.82, 2.24) is 9.38 Å². The van der Waals surface area contributed by atoms with Gasteiger partial charge in [-0.05, 0) is 54.8 Å². The molecular weight excluding hydrogens is 426 g/mol. The van der Waals surface area contributed by atoms with Gasteiger partial charge in [0.1, 0.15) is 12.3 Å². The Balaban J connectivity index is 1.36. The summed E-state index contributed by atoms with van der Waals surface area (Å²) in [6, 6.07) is 19.1. The van der Waals surface area contributed by atoms with Crippen molar-refractivity contribution in [3.8, 4) is 0 Å². The first kappa shape index (κ1) is 20.3. The standard InChI is InChI=1S/C24H21N3O4S/c28-24(31-17-20-16-26-13-4-3-12-23(26)25-20)19-8-5-10-21(15-19)32(29,30)27-14-6-9-18-7-1-2-11-22(18)27/h1-5,7-8,10-13,15-16H,6,9,14,17H2. The number of aromatic nitrogens is 2. The number of nitrogens with zero attached hydrogens (tertiary/aromatic N) is 3. The molecule has 0 bridgehead atoms. The van der Waals surface area contributed by atoms with Crippen LogP contribution in [0, 0.1) is 0 Å². The van der Waals surface area contributed by atoms with E-state index >= 15 is 0 Å². The van der Waals surface area contributed by atoms with Crippen LogP contribution >= 0.6 is 0 Å². The van der Waals surface area contributed by atoms with E-state index in [0.29, 0.717) is 17.9 Å². The molecule has 32 heavy (non-hydrogen) atoms. The van der Waals surface area contributed by atoms with Crippen LogP contribution in [0.3, 0.4) is 0 Å². The molecule has 0 radical (unpaired) electrons. The van der Waals surface area contributed by atoms with Gasteiger partial charge in [-0.15, -0.1) is 0 Å². The second-order valence-corrected chi connectivity index (χ2v) is 9.47. The first-order valence-electron chi connectivity index (χ1n) is 10.3. The van der Waals surface area contributed by atoms with Crippen molar-refractivity contribution in [3.05, 3.63) is 95.9 Å². The predicted molar refractivity (Wildman–Crippen MR) is 120 cm³/mol. The number of pyridine rings is 1. The van der Waals surface area contributed by atoms with Crippen LogP contribution in [0.5, 0.6) is 0 Å².